The summed E-state index contributed by atoms with van der Waals surface area (Å²) in [5.41, 5.74) is 0. The summed E-state index contributed by atoms with van der Waals surface area (Å²) in [5, 5.41) is 7.55. The maximum absolute atomic E-state index is 11.5. The van der Waals surface area contributed by atoms with Crippen LogP contribution < -0.4 is 10.4 Å². The number of rotatable bonds is 0. The van der Waals surface area contributed by atoms with Crippen LogP contribution in [0.1, 0.15) is 0 Å². The molecule has 0 amide bonds. The van der Waals surface area contributed by atoms with Crippen LogP contribution in [0.2, 0.25) is 0 Å². The topological polar surface area (TPSA) is 38.5 Å². The van der Waals surface area contributed by atoms with E-state index in [2.05, 4.69) is 10.2 Å². The van der Waals surface area contributed by atoms with E-state index in [0.29, 0.717) is 0 Å². The highest BCUT2D eigenvalue weighted by atomic mass is 19.4. The summed E-state index contributed by atoms with van der Waals surface area (Å²) >= 11 is 0. The normalized spacial score (nSPS) is 17.4. The Balaban J connectivity index is 2.66. The van der Waals surface area contributed by atoms with E-state index in [0.717, 1.165) is 6.34 Å². The summed E-state index contributed by atoms with van der Waals surface area (Å²) in [5.74, 6) is -1.07. The summed E-state index contributed by atoms with van der Waals surface area (Å²) in [6.45, 7) is 0. The van der Waals surface area contributed by atoms with E-state index in [1.807, 2.05) is 5.32 Å². The van der Waals surface area contributed by atoms with Crippen molar-refractivity contribution >= 4 is 12.2 Å². The monoisotopic (exact) mass is 137 g/mol. The van der Waals surface area contributed by atoms with E-state index >= 15 is 0 Å². The SMILES string of the molecule is FC(F)(F)C1=N[N+]=CN1. The number of halogens is 3. The molecule has 1 heterocycles. The van der Waals surface area contributed by atoms with Crippen molar-refractivity contribution in [1.82, 2.24) is 10.4 Å². The van der Waals surface area contributed by atoms with Gasteiger partial charge in [-0.3, -0.25) is 0 Å². The second kappa shape index (κ2) is 1.71. The fourth-order valence-electron chi connectivity index (χ4n) is 0.344. The molecule has 1 radical (unpaired) electrons. The highest BCUT2D eigenvalue weighted by Gasteiger charge is 2.42. The standard InChI is InChI=1S/C3H2F3N3/c4-3(5,6)2-7-1-8-9-2/h1H,(H,7,9)/q+1. The molecular weight excluding hydrogens is 135 g/mol. The average Bonchev–Trinajstić information content (AvgIpc) is 2.08. The van der Waals surface area contributed by atoms with Crippen LogP contribution in [0.25, 0.3) is 0 Å². The number of nitrogens with one attached hydrogen (secondary N) is 1. The van der Waals surface area contributed by atoms with Crippen LogP contribution in [0.3, 0.4) is 0 Å². The van der Waals surface area contributed by atoms with E-state index in [-0.39, 0.29) is 0 Å². The zero-order valence-electron chi connectivity index (χ0n) is 4.11. The van der Waals surface area contributed by atoms with Crippen LogP contribution in [0.4, 0.5) is 13.2 Å². The van der Waals surface area contributed by atoms with E-state index in [1.165, 1.54) is 0 Å². The van der Waals surface area contributed by atoms with E-state index in [9.17, 15) is 13.2 Å². The van der Waals surface area contributed by atoms with Crippen LogP contribution >= 0.6 is 0 Å². The Bertz CT molecular complexity index is 168. The van der Waals surface area contributed by atoms with Crippen molar-refractivity contribution in [2.75, 3.05) is 0 Å². The number of amidine groups is 1. The van der Waals surface area contributed by atoms with Gasteiger partial charge in [-0.1, -0.05) is 0 Å². The van der Waals surface area contributed by atoms with Gasteiger partial charge in [-0.25, -0.2) is 5.32 Å². The summed E-state index contributed by atoms with van der Waals surface area (Å²) < 4.78 is 34.5. The van der Waals surface area contributed by atoms with Gasteiger partial charge in [0.15, 0.2) is 0 Å². The first kappa shape index (κ1) is 6.06. The molecule has 0 bridgehead atoms. The number of alkyl halides is 3. The van der Waals surface area contributed by atoms with Crippen LogP contribution in [0, 0.1) is 0 Å². The van der Waals surface area contributed by atoms with Gasteiger partial charge in [0.05, 0.1) is 5.10 Å². The van der Waals surface area contributed by atoms with E-state index in [1.54, 1.807) is 0 Å². The van der Waals surface area contributed by atoms with Crippen LogP contribution in [0.15, 0.2) is 5.10 Å². The van der Waals surface area contributed by atoms with Gasteiger partial charge in [0.2, 0.25) is 0 Å². The predicted molar refractivity (Wildman–Crippen MR) is 24.8 cm³/mol. The Morgan fingerprint density at radius 3 is 2.44 bits per heavy atom. The molecule has 0 unspecified atom stereocenters. The second-order valence-corrected chi connectivity index (χ2v) is 1.34. The summed E-state index contributed by atoms with van der Waals surface area (Å²) in [7, 11) is 0. The molecule has 1 aliphatic heterocycles. The maximum Gasteiger partial charge on any atom is 0.476 e. The Morgan fingerprint density at radius 2 is 2.22 bits per heavy atom. The van der Waals surface area contributed by atoms with Gasteiger partial charge in [0, 0.05) is 5.10 Å². The minimum atomic E-state index is -4.41. The Morgan fingerprint density at radius 1 is 1.56 bits per heavy atom. The summed E-state index contributed by atoms with van der Waals surface area (Å²) in [6, 6.07) is 0. The fraction of sp³-hybridized carbons (Fsp3) is 0.333. The van der Waals surface area contributed by atoms with Gasteiger partial charge < -0.3 is 0 Å². The Kier molecular flexibility index (Phi) is 1.15. The highest BCUT2D eigenvalue weighted by molar-refractivity contribution is 5.97. The van der Waals surface area contributed by atoms with Gasteiger partial charge in [0.25, 0.3) is 0 Å². The number of hydrogen-bond acceptors (Lipinski definition) is 3. The molecule has 0 spiro atoms. The third-order valence-corrected chi connectivity index (χ3v) is 0.685. The summed E-state index contributed by atoms with van der Waals surface area (Å²) in [4.78, 5) is 0. The molecule has 0 aromatic heterocycles. The smallest absolute Gasteiger partial charge is 0.218 e. The van der Waals surface area contributed by atoms with Gasteiger partial charge in [0.1, 0.15) is 0 Å². The first-order valence-corrected chi connectivity index (χ1v) is 2.04. The summed E-state index contributed by atoms with van der Waals surface area (Å²) in [6.07, 6.45) is -3.53. The lowest BCUT2D eigenvalue weighted by Gasteiger charge is -1.96. The molecule has 49 valence electrons. The lowest BCUT2D eigenvalue weighted by atomic mass is 10.6. The Labute approximate surface area is 48.3 Å². The van der Waals surface area contributed by atoms with Gasteiger partial charge in [-0.2, -0.15) is 13.2 Å². The Hall–Kier alpha value is -1.07. The molecule has 9 heavy (non-hydrogen) atoms. The zero-order valence-corrected chi connectivity index (χ0v) is 4.11. The molecule has 0 aromatic carbocycles. The third-order valence-electron chi connectivity index (χ3n) is 0.685. The van der Waals surface area contributed by atoms with Crippen LogP contribution in [-0.2, 0) is 0 Å². The molecule has 6 heteroatoms. The quantitative estimate of drug-likeness (QED) is 0.494. The van der Waals surface area contributed by atoms with Crippen LogP contribution in [-0.4, -0.2) is 18.4 Å². The van der Waals surface area contributed by atoms with E-state index < -0.39 is 12.0 Å². The van der Waals surface area contributed by atoms with Crippen LogP contribution in [0.5, 0.6) is 0 Å². The molecule has 0 atom stereocenters. The molecule has 0 fully saturated rings. The van der Waals surface area contributed by atoms with Crippen molar-refractivity contribution in [1.29, 1.82) is 0 Å². The highest BCUT2D eigenvalue weighted by Crippen LogP contribution is 2.15. The van der Waals surface area contributed by atoms with Crippen molar-refractivity contribution in [2.24, 2.45) is 5.10 Å². The third kappa shape index (κ3) is 1.18. The molecule has 1 N–H and O–H groups in total. The van der Waals surface area contributed by atoms with Gasteiger partial charge in [-0.05, 0) is 0 Å². The number of hydrogen-bond donors (Lipinski definition) is 1. The molecule has 0 aromatic rings. The second-order valence-electron chi connectivity index (χ2n) is 1.34. The van der Waals surface area contributed by atoms with Crippen molar-refractivity contribution in [3.8, 4) is 0 Å². The molecule has 3 nitrogen and oxygen atoms in total. The first-order chi connectivity index (χ1) is 4.11. The lowest BCUT2D eigenvalue weighted by molar-refractivity contribution is -0.0607. The molecular formula is C3H2F3N3+. The molecule has 0 saturated carbocycles. The predicted octanol–water partition coefficient (Wildman–Crippen LogP) is -0.171. The van der Waals surface area contributed by atoms with Gasteiger partial charge in [-0.15, -0.1) is 0 Å². The molecule has 0 aliphatic carbocycles. The molecule has 0 saturated heterocycles. The first-order valence-electron chi connectivity index (χ1n) is 2.04. The van der Waals surface area contributed by atoms with Crippen molar-refractivity contribution < 1.29 is 13.2 Å². The zero-order chi connectivity index (χ0) is 6.91. The largest absolute Gasteiger partial charge is 0.476 e. The minimum Gasteiger partial charge on any atom is -0.218 e. The lowest BCUT2D eigenvalue weighted by Crippen LogP contribution is -2.33. The van der Waals surface area contributed by atoms with E-state index in [4.69, 9.17) is 0 Å². The fourth-order valence-corrected chi connectivity index (χ4v) is 0.344. The maximum atomic E-state index is 11.5. The minimum absolute atomic E-state index is 0.878. The van der Waals surface area contributed by atoms with Crippen molar-refractivity contribution in [2.45, 2.75) is 6.18 Å². The van der Waals surface area contributed by atoms with Crippen molar-refractivity contribution in [3.05, 3.63) is 0 Å². The van der Waals surface area contributed by atoms with Gasteiger partial charge >= 0.3 is 18.4 Å². The number of nitrogens with zero attached hydrogens (tertiary/aromatic N) is 2. The van der Waals surface area contributed by atoms with Crippen molar-refractivity contribution in [3.63, 3.8) is 0 Å². The molecule has 1 aliphatic rings. The average molecular weight is 137 g/mol. The molecule has 1 rings (SSSR count).